The van der Waals surface area contributed by atoms with Gasteiger partial charge in [0.15, 0.2) is 10.3 Å². The number of carbonyl (C=O) groups is 1. The van der Waals surface area contributed by atoms with Crippen molar-refractivity contribution < 1.29 is 4.79 Å². The molecule has 0 atom stereocenters. The van der Waals surface area contributed by atoms with Crippen LogP contribution in [0.5, 0.6) is 0 Å². The number of fused-ring (bicyclic) bond motifs is 1. The summed E-state index contributed by atoms with van der Waals surface area (Å²) in [5.41, 5.74) is 9.06. The summed E-state index contributed by atoms with van der Waals surface area (Å²) in [5, 5.41) is 4.07. The van der Waals surface area contributed by atoms with Crippen LogP contribution >= 0.6 is 24.0 Å². The molecular formula is C17H17N5OS2. The molecule has 0 aliphatic rings. The number of anilines is 1. The molecule has 0 fully saturated rings. The maximum absolute atomic E-state index is 11.9. The second-order valence-corrected chi connectivity index (χ2v) is 6.66. The predicted octanol–water partition coefficient (Wildman–Crippen LogP) is 2.98. The van der Waals surface area contributed by atoms with Gasteiger partial charge in [0.1, 0.15) is 0 Å². The Morgan fingerprint density at radius 3 is 2.72 bits per heavy atom. The van der Waals surface area contributed by atoms with E-state index in [4.69, 9.17) is 12.2 Å². The number of thiocarbonyl (C=S) groups is 1. The van der Waals surface area contributed by atoms with E-state index in [1.807, 2.05) is 55.5 Å². The number of thioether (sulfide) groups is 1. The summed E-state index contributed by atoms with van der Waals surface area (Å²) >= 11 is 6.50. The first kappa shape index (κ1) is 17.2. The number of hydrogen-bond acceptors (Lipinski definition) is 4. The molecule has 1 heterocycles. The third kappa shape index (κ3) is 4.71. The Labute approximate surface area is 154 Å². The van der Waals surface area contributed by atoms with Crippen LogP contribution in [0.25, 0.3) is 11.0 Å². The van der Waals surface area contributed by atoms with Gasteiger partial charge in [0.25, 0.3) is 0 Å². The van der Waals surface area contributed by atoms with Gasteiger partial charge in [-0.2, -0.15) is 0 Å². The number of rotatable bonds is 4. The van der Waals surface area contributed by atoms with Gasteiger partial charge in [-0.25, -0.2) is 4.98 Å². The zero-order valence-electron chi connectivity index (χ0n) is 13.5. The Hall–Kier alpha value is -2.58. The minimum absolute atomic E-state index is 0.195. The molecule has 0 saturated carbocycles. The molecule has 128 valence electrons. The summed E-state index contributed by atoms with van der Waals surface area (Å²) in [6.07, 6.45) is 0. The number of H-pyrrole nitrogens is 1. The average Bonchev–Trinajstić information content (AvgIpc) is 3.03. The zero-order valence-corrected chi connectivity index (χ0v) is 15.1. The lowest BCUT2D eigenvalue weighted by atomic mass is 10.2. The van der Waals surface area contributed by atoms with Gasteiger partial charge in [0.2, 0.25) is 5.91 Å². The van der Waals surface area contributed by atoms with Crippen LogP contribution < -0.4 is 16.2 Å². The summed E-state index contributed by atoms with van der Waals surface area (Å²) in [6, 6.07) is 15.5. The highest BCUT2D eigenvalue weighted by Crippen LogP contribution is 2.18. The van der Waals surface area contributed by atoms with E-state index in [1.54, 1.807) is 0 Å². The van der Waals surface area contributed by atoms with E-state index in [2.05, 4.69) is 26.1 Å². The standard InChI is InChI=1S/C17H17N5OS2/c1-11-6-2-3-7-12(11)18-16(24)22-21-15(23)10-25-17-19-13-8-4-5-9-14(13)20-17/h2-9H,10H2,1H3,(H,19,20)(H,21,23)(H2,18,22,24). The fourth-order valence-corrected chi connectivity index (χ4v) is 3.01. The van der Waals surface area contributed by atoms with Crippen LogP contribution in [0, 0.1) is 6.92 Å². The normalized spacial score (nSPS) is 10.4. The Kier molecular flexibility index (Phi) is 5.52. The average molecular weight is 371 g/mol. The maximum Gasteiger partial charge on any atom is 0.248 e. The fourth-order valence-electron chi connectivity index (χ4n) is 2.16. The monoisotopic (exact) mass is 371 g/mol. The summed E-state index contributed by atoms with van der Waals surface area (Å²) < 4.78 is 0. The van der Waals surface area contributed by atoms with E-state index < -0.39 is 0 Å². The number of nitrogens with one attached hydrogen (secondary N) is 4. The van der Waals surface area contributed by atoms with E-state index in [9.17, 15) is 4.79 Å². The van der Waals surface area contributed by atoms with Crippen molar-refractivity contribution in [2.24, 2.45) is 0 Å². The minimum Gasteiger partial charge on any atom is -0.333 e. The van der Waals surface area contributed by atoms with E-state index in [0.29, 0.717) is 10.3 Å². The third-order valence-electron chi connectivity index (χ3n) is 3.42. The second kappa shape index (κ2) is 8.00. The molecule has 25 heavy (non-hydrogen) atoms. The fraction of sp³-hybridized carbons (Fsp3) is 0.118. The molecule has 0 bridgehead atoms. The molecule has 0 aliphatic heterocycles. The first-order chi connectivity index (χ1) is 12.1. The minimum atomic E-state index is -0.195. The number of para-hydroxylation sites is 3. The molecule has 0 spiro atoms. The summed E-state index contributed by atoms with van der Waals surface area (Å²) in [6.45, 7) is 1.98. The Balaban J connectivity index is 1.44. The smallest absolute Gasteiger partial charge is 0.248 e. The molecule has 0 radical (unpaired) electrons. The Morgan fingerprint density at radius 1 is 1.16 bits per heavy atom. The molecule has 1 amide bonds. The van der Waals surface area contributed by atoms with Crippen molar-refractivity contribution in [3.8, 4) is 0 Å². The van der Waals surface area contributed by atoms with Gasteiger partial charge in [0, 0.05) is 5.69 Å². The predicted molar refractivity (Wildman–Crippen MR) is 105 cm³/mol. The van der Waals surface area contributed by atoms with E-state index in [0.717, 1.165) is 22.3 Å². The highest BCUT2D eigenvalue weighted by molar-refractivity contribution is 7.99. The summed E-state index contributed by atoms with van der Waals surface area (Å²) in [4.78, 5) is 19.5. The molecule has 8 heteroatoms. The van der Waals surface area contributed by atoms with Crippen molar-refractivity contribution in [2.75, 3.05) is 11.1 Å². The molecule has 4 N–H and O–H groups in total. The van der Waals surface area contributed by atoms with Gasteiger partial charge in [-0.1, -0.05) is 42.1 Å². The molecule has 2 aromatic carbocycles. The topological polar surface area (TPSA) is 81.8 Å². The number of hydrogen-bond donors (Lipinski definition) is 4. The van der Waals surface area contributed by atoms with E-state index in [1.165, 1.54) is 11.8 Å². The third-order valence-corrected chi connectivity index (χ3v) is 4.49. The van der Waals surface area contributed by atoms with Gasteiger partial charge in [-0.05, 0) is 42.9 Å². The van der Waals surface area contributed by atoms with Gasteiger partial charge >= 0.3 is 0 Å². The first-order valence-electron chi connectivity index (χ1n) is 7.61. The van der Waals surface area contributed by atoms with E-state index in [-0.39, 0.29) is 11.7 Å². The van der Waals surface area contributed by atoms with Crippen LogP contribution in [0.1, 0.15) is 5.56 Å². The highest BCUT2D eigenvalue weighted by atomic mass is 32.2. The number of aromatic nitrogens is 2. The van der Waals surface area contributed by atoms with Gasteiger partial charge in [-0.3, -0.25) is 15.6 Å². The van der Waals surface area contributed by atoms with E-state index >= 15 is 0 Å². The number of aromatic amines is 1. The highest BCUT2D eigenvalue weighted by Gasteiger charge is 2.07. The zero-order chi connectivity index (χ0) is 17.6. The van der Waals surface area contributed by atoms with Crippen LogP contribution in [0.15, 0.2) is 53.7 Å². The molecular weight excluding hydrogens is 354 g/mol. The number of imidazole rings is 1. The molecule has 3 rings (SSSR count). The van der Waals surface area contributed by atoms with Crippen LogP contribution in [0.3, 0.4) is 0 Å². The molecule has 0 aliphatic carbocycles. The van der Waals surface area contributed by atoms with Crippen molar-refractivity contribution in [3.05, 3.63) is 54.1 Å². The van der Waals surface area contributed by atoms with Crippen molar-refractivity contribution in [2.45, 2.75) is 12.1 Å². The van der Waals surface area contributed by atoms with Gasteiger partial charge in [-0.15, -0.1) is 0 Å². The van der Waals surface area contributed by atoms with Crippen molar-refractivity contribution in [1.29, 1.82) is 0 Å². The second-order valence-electron chi connectivity index (χ2n) is 5.29. The van der Waals surface area contributed by atoms with Crippen LogP contribution in [-0.2, 0) is 4.79 Å². The SMILES string of the molecule is Cc1ccccc1NC(=S)NNC(=O)CSc1nc2ccccc2[nH]1. The summed E-state index contributed by atoms with van der Waals surface area (Å²) in [7, 11) is 0. The van der Waals surface area contributed by atoms with Crippen LogP contribution in [0.2, 0.25) is 0 Å². The summed E-state index contributed by atoms with van der Waals surface area (Å²) in [5.74, 6) is 0.0270. The Morgan fingerprint density at radius 2 is 1.92 bits per heavy atom. The number of nitrogens with zero attached hydrogens (tertiary/aromatic N) is 1. The number of hydrazine groups is 1. The Bertz CT molecular complexity index is 876. The van der Waals surface area contributed by atoms with Crippen molar-refractivity contribution in [3.63, 3.8) is 0 Å². The molecule has 1 aromatic heterocycles. The molecule has 0 saturated heterocycles. The van der Waals surface area contributed by atoms with Gasteiger partial charge < -0.3 is 10.3 Å². The van der Waals surface area contributed by atoms with Crippen molar-refractivity contribution in [1.82, 2.24) is 20.8 Å². The molecule has 3 aromatic rings. The largest absolute Gasteiger partial charge is 0.333 e. The first-order valence-corrected chi connectivity index (χ1v) is 9.00. The molecule has 6 nitrogen and oxygen atoms in total. The lowest BCUT2D eigenvalue weighted by Crippen LogP contribution is -2.44. The maximum atomic E-state index is 11.9. The molecule has 0 unspecified atom stereocenters. The number of carbonyl (C=O) groups excluding carboxylic acids is 1. The lowest BCUT2D eigenvalue weighted by Gasteiger charge is -2.12. The lowest BCUT2D eigenvalue weighted by molar-refractivity contribution is -0.119. The number of amides is 1. The number of benzene rings is 2. The van der Waals surface area contributed by atoms with Crippen LogP contribution in [-0.4, -0.2) is 26.7 Å². The van der Waals surface area contributed by atoms with Crippen molar-refractivity contribution >= 4 is 51.7 Å². The van der Waals surface area contributed by atoms with Crippen LogP contribution in [0.4, 0.5) is 5.69 Å². The number of aryl methyl sites for hydroxylation is 1. The quantitative estimate of drug-likeness (QED) is 0.321. The van der Waals surface area contributed by atoms with Gasteiger partial charge in [0.05, 0.1) is 16.8 Å².